The lowest BCUT2D eigenvalue weighted by molar-refractivity contribution is 0.281. The van der Waals surface area contributed by atoms with Crippen LogP contribution in [0.25, 0.3) is 5.57 Å². The fourth-order valence-electron chi connectivity index (χ4n) is 2.65. The molecule has 2 aliphatic rings. The van der Waals surface area contributed by atoms with Crippen LogP contribution in [0.4, 0.5) is 0 Å². The molecule has 1 atom stereocenters. The van der Waals surface area contributed by atoms with E-state index in [0.29, 0.717) is 6.04 Å². The van der Waals surface area contributed by atoms with E-state index in [2.05, 4.69) is 65.8 Å². The van der Waals surface area contributed by atoms with Gasteiger partial charge in [0.15, 0.2) is 0 Å². The number of fused-ring (bicyclic) bond motifs is 1. The number of allylic oxidation sites excluding steroid dienone is 2. The van der Waals surface area contributed by atoms with E-state index in [0.717, 1.165) is 19.5 Å². The lowest BCUT2D eigenvalue weighted by atomic mass is 9.93. The van der Waals surface area contributed by atoms with Crippen LogP contribution in [-0.4, -0.2) is 43.0 Å². The topological polar surface area (TPSA) is 6.48 Å². The van der Waals surface area contributed by atoms with Gasteiger partial charge in [-0.2, -0.15) is 0 Å². The Bertz CT molecular complexity index is 523. The van der Waals surface area contributed by atoms with Crippen LogP contribution in [0, 0.1) is 0 Å². The van der Waals surface area contributed by atoms with Crippen molar-refractivity contribution < 1.29 is 0 Å². The standard InChI is InChI=1S/C16H20N2S/c1-17(2)9-10-18-8-7-13-5-6-14(12-15(13)18)16-4-3-11-19-16/h3-8,11,15H,9-10,12H2,1-2H3. The van der Waals surface area contributed by atoms with E-state index in [1.165, 1.54) is 16.0 Å². The van der Waals surface area contributed by atoms with Crippen molar-refractivity contribution in [1.29, 1.82) is 0 Å². The minimum Gasteiger partial charge on any atom is -0.369 e. The molecular weight excluding hydrogens is 252 g/mol. The quantitative estimate of drug-likeness (QED) is 0.830. The molecule has 100 valence electrons. The summed E-state index contributed by atoms with van der Waals surface area (Å²) in [7, 11) is 4.27. The molecule has 3 heteroatoms. The van der Waals surface area contributed by atoms with Crippen LogP contribution in [0.2, 0.25) is 0 Å². The summed E-state index contributed by atoms with van der Waals surface area (Å²) in [5, 5.41) is 2.16. The summed E-state index contributed by atoms with van der Waals surface area (Å²) in [6.07, 6.45) is 10.2. The van der Waals surface area contributed by atoms with Crippen LogP contribution in [0.15, 0.2) is 47.5 Å². The summed E-state index contributed by atoms with van der Waals surface area (Å²) in [6.45, 7) is 2.20. The molecule has 0 N–H and O–H groups in total. The molecule has 0 aromatic carbocycles. The monoisotopic (exact) mass is 272 g/mol. The third-order valence-corrected chi connectivity index (χ3v) is 4.72. The van der Waals surface area contributed by atoms with Gasteiger partial charge in [0.2, 0.25) is 0 Å². The zero-order valence-electron chi connectivity index (χ0n) is 11.5. The summed E-state index contributed by atoms with van der Waals surface area (Å²) in [5.41, 5.74) is 2.93. The zero-order chi connectivity index (χ0) is 13.2. The molecule has 1 aliphatic heterocycles. The van der Waals surface area contributed by atoms with E-state index in [-0.39, 0.29) is 0 Å². The van der Waals surface area contributed by atoms with Gasteiger partial charge in [-0.05, 0) is 49.2 Å². The fourth-order valence-corrected chi connectivity index (χ4v) is 3.42. The third kappa shape index (κ3) is 2.67. The van der Waals surface area contributed by atoms with Gasteiger partial charge in [-0.3, -0.25) is 0 Å². The van der Waals surface area contributed by atoms with Crippen molar-refractivity contribution in [2.75, 3.05) is 27.2 Å². The second kappa shape index (κ2) is 5.35. The highest BCUT2D eigenvalue weighted by Gasteiger charge is 2.27. The van der Waals surface area contributed by atoms with Crippen LogP contribution in [0.1, 0.15) is 11.3 Å². The molecule has 2 heterocycles. The molecule has 0 spiro atoms. The minimum atomic E-state index is 0.544. The Morgan fingerprint density at radius 2 is 2.26 bits per heavy atom. The first-order valence-electron chi connectivity index (χ1n) is 6.77. The van der Waals surface area contributed by atoms with Gasteiger partial charge < -0.3 is 9.80 Å². The third-order valence-electron chi connectivity index (χ3n) is 3.78. The van der Waals surface area contributed by atoms with Crippen LogP contribution < -0.4 is 0 Å². The van der Waals surface area contributed by atoms with Crippen molar-refractivity contribution in [3.05, 3.63) is 52.4 Å². The Hall–Kier alpha value is -1.32. The van der Waals surface area contributed by atoms with Crippen LogP contribution in [-0.2, 0) is 0 Å². The average molecular weight is 272 g/mol. The van der Waals surface area contributed by atoms with Crippen LogP contribution >= 0.6 is 11.3 Å². The lowest BCUT2D eigenvalue weighted by Gasteiger charge is -2.30. The van der Waals surface area contributed by atoms with E-state index in [4.69, 9.17) is 0 Å². The van der Waals surface area contributed by atoms with Crippen molar-refractivity contribution in [2.24, 2.45) is 0 Å². The maximum absolute atomic E-state index is 2.48. The van der Waals surface area contributed by atoms with Gasteiger partial charge in [0, 0.05) is 24.2 Å². The maximum Gasteiger partial charge on any atom is 0.0578 e. The molecule has 1 aromatic rings. The number of likely N-dealkylation sites (N-methyl/N-ethyl adjacent to an activating group) is 1. The Balaban J connectivity index is 1.73. The molecule has 0 fully saturated rings. The molecule has 1 aromatic heterocycles. The number of hydrogen-bond acceptors (Lipinski definition) is 3. The molecule has 0 saturated carbocycles. The Morgan fingerprint density at radius 3 is 3.00 bits per heavy atom. The average Bonchev–Trinajstić information content (AvgIpc) is 3.05. The molecule has 0 saturated heterocycles. The Morgan fingerprint density at radius 1 is 1.37 bits per heavy atom. The van der Waals surface area contributed by atoms with Gasteiger partial charge in [-0.15, -0.1) is 11.3 Å². The van der Waals surface area contributed by atoms with Gasteiger partial charge in [0.1, 0.15) is 0 Å². The Kier molecular flexibility index (Phi) is 3.58. The van der Waals surface area contributed by atoms with Crippen molar-refractivity contribution in [3.63, 3.8) is 0 Å². The second-order valence-corrected chi connectivity index (χ2v) is 6.36. The minimum absolute atomic E-state index is 0.544. The first-order valence-corrected chi connectivity index (χ1v) is 7.65. The largest absolute Gasteiger partial charge is 0.369 e. The van der Waals surface area contributed by atoms with Gasteiger partial charge in [0.05, 0.1) is 6.04 Å². The van der Waals surface area contributed by atoms with Crippen molar-refractivity contribution >= 4 is 16.9 Å². The van der Waals surface area contributed by atoms with E-state index in [9.17, 15) is 0 Å². The predicted octanol–water partition coefficient (Wildman–Crippen LogP) is 3.22. The molecule has 2 nitrogen and oxygen atoms in total. The molecule has 0 amide bonds. The van der Waals surface area contributed by atoms with Crippen LogP contribution in [0.3, 0.4) is 0 Å². The highest BCUT2D eigenvalue weighted by molar-refractivity contribution is 7.11. The van der Waals surface area contributed by atoms with E-state index < -0.39 is 0 Å². The Labute approximate surface area is 119 Å². The lowest BCUT2D eigenvalue weighted by Crippen LogP contribution is -2.34. The van der Waals surface area contributed by atoms with Crippen molar-refractivity contribution in [2.45, 2.75) is 12.5 Å². The SMILES string of the molecule is CN(C)CCN1C=CC2=CC=C(c3cccs3)CC21. The smallest absolute Gasteiger partial charge is 0.0578 e. The normalized spacial score (nSPS) is 21.6. The fraction of sp³-hybridized carbons (Fsp3) is 0.375. The molecule has 0 bridgehead atoms. The number of rotatable bonds is 4. The maximum atomic E-state index is 2.48. The van der Waals surface area contributed by atoms with Gasteiger partial charge in [-0.1, -0.05) is 18.2 Å². The van der Waals surface area contributed by atoms with Gasteiger partial charge in [0.25, 0.3) is 0 Å². The van der Waals surface area contributed by atoms with E-state index >= 15 is 0 Å². The second-order valence-electron chi connectivity index (χ2n) is 5.41. The summed E-state index contributed by atoms with van der Waals surface area (Å²) >= 11 is 1.84. The number of thiophene rings is 1. The summed E-state index contributed by atoms with van der Waals surface area (Å²) < 4.78 is 0. The zero-order valence-corrected chi connectivity index (χ0v) is 12.4. The van der Waals surface area contributed by atoms with Crippen molar-refractivity contribution in [3.8, 4) is 0 Å². The van der Waals surface area contributed by atoms with Gasteiger partial charge >= 0.3 is 0 Å². The first kappa shape index (κ1) is 12.7. The molecular formula is C16H20N2S. The van der Waals surface area contributed by atoms with Gasteiger partial charge in [-0.25, -0.2) is 0 Å². The predicted molar refractivity (Wildman–Crippen MR) is 83.2 cm³/mol. The molecule has 3 rings (SSSR count). The molecule has 1 unspecified atom stereocenters. The first-order chi connectivity index (χ1) is 9.24. The number of nitrogens with zero attached hydrogens (tertiary/aromatic N) is 2. The van der Waals surface area contributed by atoms with Crippen LogP contribution in [0.5, 0.6) is 0 Å². The van der Waals surface area contributed by atoms with E-state index in [1.807, 2.05) is 11.3 Å². The van der Waals surface area contributed by atoms with E-state index in [1.54, 1.807) is 0 Å². The molecule has 19 heavy (non-hydrogen) atoms. The number of hydrogen-bond donors (Lipinski definition) is 0. The molecule has 0 radical (unpaired) electrons. The summed E-state index contributed by atoms with van der Waals surface area (Å²) in [4.78, 5) is 6.13. The highest BCUT2D eigenvalue weighted by Crippen LogP contribution is 2.35. The van der Waals surface area contributed by atoms with Crippen molar-refractivity contribution in [1.82, 2.24) is 9.80 Å². The summed E-state index contributed by atoms with van der Waals surface area (Å²) in [5.74, 6) is 0. The molecule has 1 aliphatic carbocycles. The summed E-state index contributed by atoms with van der Waals surface area (Å²) in [6, 6.07) is 4.90. The highest BCUT2D eigenvalue weighted by atomic mass is 32.1.